The Morgan fingerprint density at radius 1 is 0.938 bits per heavy atom. The molecular formula is C18H34N8O6. The van der Waals surface area contributed by atoms with Crippen LogP contribution in [0.15, 0.2) is 4.99 Å². The minimum absolute atomic E-state index is 0.0849. The van der Waals surface area contributed by atoms with Crippen LogP contribution in [-0.2, 0) is 24.0 Å². The smallest absolute Gasteiger partial charge is 0.322 e. The molecule has 0 saturated heterocycles. The lowest BCUT2D eigenvalue weighted by atomic mass is 10.0. The topological polar surface area (TPSA) is 258 Å². The maximum absolute atomic E-state index is 12.7. The summed E-state index contributed by atoms with van der Waals surface area (Å²) < 4.78 is 0. The molecule has 3 atom stereocenters. The van der Waals surface area contributed by atoms with Crippen LogP contribution in [-0.4, -0.2) is 71.9 Å². The van der Waals surface area contributed by atoms with Crippen LogP contribution in [0.3, 0.4) is 0 Å². The standard InChI is InChI=1S/C18H34N8O6/c1-9(2)14(17(32)24-8-13(28)29)26-16(31)11(5-6-12(20)27)25-15(30)10(19)4-3-7-23-18(21)22/h9-11,14H,3-8,19H2,1-2H3,(H2,20,27)(H,24,32)(H,25,30)(H,26,31)(H,28,29)(H4,21,22,23). The molecule has 0 aromatic carbocycles. The third kappa shape index (κ3) is 12.3. The van der Waals surface area contributed by atoms with Crippen LogP contribution in [0.4, 0.5) is 0 Å². The van der Waals surface area contributed by atoms with E-state index in [4.69, 9.17) is 28.0 Å². The van der Waals surface area contributed by atoms with E-state index >= 15 is 0 Å². The fourth-order valence-electron chi connectivity index (χ4n) is 2.55. The van der Waals surface area contributed by atoms with E-state index in [0.29, 0.717) is 6.42 Å². The Hall–Kier alpha value is -3.42. The predicted octanol–water partition coefficient (Wildman–Crippen LogP) is -3.54. The Kier molecular flexibility index (Phi) is 13.0. The third-order valence-corrected chi connectivity index (χ3v) is 4.28. The predicted molar refractivity (Wildman–Crippen MR) is 116 cm³/mol. The van der Waals surface area contributed by atoms with Crippen molar-refractivity contribution in [3.8, 4) is 0 Å². The van der Waals surface area contributed by atoms with Gasteiger partial charge >= 0.3 is 5.97 Å². The van der Waals surface area contributed by atoms with Crippen molar-refractivity contribution in [1.82, 2.24) is 16.0 Å². The number of primary amides is 1. The lowest BCUT2D eigenvalue weighted by Gasteiger charge is -2.25. The number of hydrogen-bond donors (Lipinski definition) is 8. The first-order chi connectivity index (χ1) is 14.8. The highest BCUT2D eigenvalue weighted by molar-refractivity contribution is 5.94. The second-order valence-electron chi connectivity index (χ2n) is 7.46. The van der Waals surface area contributed by atoms with Crippen molar-refractivity contribution in [2.45, 2.75) is 57.7 Å². The fraction of sp³-hybridized carbons (Fsp3) is 0.667. The summed E-state index contributed by atoms with van der Waals surface area (Å²) in [5, 5.41) is 15.8. The highest BCUT2D eigenvalue weighted by Crippen LogP contribution is 2.06. The van der Waals surface area contributed by atoms with Gasteiger partial charge in [-0.15, -0.1) is 0 Å². The number of nitrogens with zero attached hydrogens (tertiary/aromatic N) is 1. The Morgan fingerprint density at radius 3 is 2.06 bits per heavy atom. The first-order valence-corrected chi connectivity index (χ1v) is 10.0. The number of carboxylic acid groups (broad SMARTS) is 1. The molecule has 14 nitrogen and oxygen atoms in total. The second kappa shape index (κ2) is 14.6. The summed E-state index contributed by atoms with van der Waals surface area (Å²) in [6, 6.07) is -3.22. The Morgan fingerprint density at radius 2 is 1.56 bits per heavy atom. The van der Waals surface area contributed by atoms with Crippen LogP contribution < -0.4 is 38.9 Å². The van der Waals surface area contributed by atoms with Crippen molar-refractivity contribution in [2.75, 3.05) is 13.1 Å². The quantitative estimate of drug-likeness (QED) is 0.0685. The number of carbonyl (C=O) groups excluding carboxylic acids is 4. The molecule has 0 aliphatic rings. The van der Waals surface area contributed by atoms with E-state index in [1.807, 2.05) is 0 Å². The van der Waals surface area contributed by atoms with Crippen molar-refractivity contribution < 1.29 is 29.1 Å². The van der Waals surface area contributed by atoms with Gasteiger partial charge in [-0.05, 0) is 25.2 Å². The number of nitrogens with one attached hydrogen (secondary N) is 3. The van der Waals surface area contributed by atoms with Crippen LogP contribution in [0.5, 0.6) is 0 Å². The van der Waals surface area contributed by atoms with Crippen LogP contribution >= 0.6 is 0 Å². The zero-order chi connectivity index (χ0) is 24.8. The van der Waals surface area contributed by atoms with E-state index in [1.54, 1.807) is 13.8 Å². The number of hydrogen-bond acceptors (Lipinski definition) is 7. The molecule has 0 heterocycles. The first-order valence-electron chi connectivity index (χ1n) is 10.0. The van der Waals surface area contributed by atoms with Gasteiger partial charge in [-0.3, -0.25) is 29.0 Å². The van der Waals surface area contributed by atoms with Crippen molar-refractivity contribution in [3.05, 3.63) is 0 Å². The highest BCUT2D eigenvalue weighted by atomic mass is 16.4. The van der Waals surface area contributed by atoms with Gasteiger partial charge in [0.1, 0.15) is 18.6 Å². The van der Waals surface area contributed by atoms with Gasteiger partial charge in [0.25, 0.3) is 0 Å². The maximum Gasteiger partial charge on any atom is 0.322 e. The normalized spacial score (nSPS) is 13.4. The Bertz CT molecular complexity index is 708. The fourth-order valence-corrected chi connectivity index (χ4v) is 2.55. The average molecular weight is 459 g/mol. The van der Waals surface area contributed by atoms with E-state index in [2.05, 4.69) is 20.9 Å². The summed E-state index contributed by atoms with van der Waals surface area (Å²) >= 11 is 0. The number of amides is 4. The van der Waals surface area contributed by atoms with Gasteiger partial charge < -0.3 is 44.0 Å². The first kappa shape index (κ1) is 28.6. The molecule has 0 fully saturated rings. The van der Waals surface area contributed by atoms with Crippen molar-refractivity contribution >= 4 is 35.6 Å². The Labute approximate surface area is 185 Å². The molecule has 0 saturated carbocycles. The average Bonchev–Trinajstić information content (AvgIpc) is 2.69. The molecule has 0 aromatic rings. The maximum atomic E-state index is 12.7. The van der Waals surface area contributed by atoms with Gasteiger partial charge in [-0.1, -0.05) is 13.8 Å². The van der Waals surface area contributed by atoms with E-state index in [-0.39, 0.29) is 31.8 Å². The summed E-state index contributed by atoms with van der Waals surface area (Å²) in [5.41, 5.74) is 21.4. The van der Waals surface area contributed by atoms with Gasteiger partial charge in [-0.2, -0.15) is 0 Å². The zero-order valence-electron chi connectivity index (χ0n) is 18.3. The number of guanidine groups is 1. The van der Waals surface area contributed by atoms with Crippen LogP contribution in [0.25, 0.3) is 0 Å². The van der Waals surface area contributed by atoms with Gasteiger partial charge in [0.2, 0.25) is 23.6 Å². The SMILES string of the molecule is CC(C)C(NC(=O)C(CCC(N)=O)NC(=O)C(N)CCCN=C(N)N)C(=O)NCC(=O)O. The minimum atomic E-state index is -1.24. The van der Waals surface area contributed by atoms with E-state index in [9.17, 15) is 24.0 Å². The number of carbonyl (C=O) groups is 5. The van der Waals surface area contributed by atoms with Gasteiger partial charge in [-0.25, -0.2) is 0 Å². The molecule has 32 heavy (non-hydrogen) atoms. The molecule has 4 amide bonds. The molecule has 0 radical (unpaired) electrons. The van der Waals surface area contributed by atoms with Crippen molar-refractivity contribution in [1.29, 1.82) is 0 Å². The molecule has 0 bridgehead atoms. The highest BCUT2D eigenvalue weighted by Gasteiger charge is 2.30. The largest absolute Gasteiger partial charge is 0.480 e. The van der Waals surface area contributed by atoms with Gasteiger partial charge in [0.15, 0.2) is 5.96 Å². The number of aliphatic carboxylic acids is 1. The number of rotatable bonds is 15. The summed E-state index contributed by atoms with van der Waals surface area (Å²) in [4.78, 5) is 63.0. The molecule has 0 spiro atoms. The molecule has 12 N–H and O–H groups in total. The summed E-state index contributed by atoms with van der Waals surface area (Å²) in [7, 11) is 0. The molecule has 0 aliphatic carbocycles. The van der Waals surface area contributed by atoms with Gasteiger partial charge in [0.05, 0.1) is 6.04 Å². The molecule has 0 aromatic heterocycles. The van der Waals surface area contributed by atoms with E-state index in [0.717, 1.165) is 0 Å². The number of aliphatic imine (C=N–C) groups is 1. The molecule has 0 rings (SSSR count). The molecule has 3 unspecified atom stereocenters. The van der Waals surface area contributed by atoms with Crippen molar-refractivity contribution in [3.63, 3.8) is 0 Å². The van der Waals surface area contributed by atoms with E-state index < -0.39 is 60.2 Å². The van der Waals surface area contributed by atoms with E-state index in [1.165, 1.54) is 0 Å². The minimum Gasteiger partial charge on any atom is -0.480 e. The molecule has 14 heteroatoms. The molecule has 0 aliphatic heterocycles. The second-order valence-corrected chi connectivity index (χ2v) is 7.46. The summed E-state index contributed by atoms with van der Waals surface area (Å²) in [5.74, 6) is -4.48. The summed E-state index contributed by atoms with van der Waals surface area (Å²) in [6.45, 7) is 2.95. The van der Waals surface area contributed by atoms with Crippen LogP contribution in [0, 0.1) is 5.92 Å². The lowest BCUT2D eigenvalue weighted by molar-refractivity contribution is -0.139. The Balaban J connectivity index is 5.16. The summed E-state index contributed by atoms with van der Waals surface area (Å²) in [6.07, 6.45) is 0.341. The number of carboxylic acids is 1. The monoisotopic (exact) mass is 458 g/mol. The van der Waals surface area contributed by atoms with Crippen LogP contribution in [0.1, 0.15) is 39.5 Å². The third-order valence-electron chi connectivity index (χ3n) is 4.28. The van der Waals surface area contributed by atoms with Crippen LogP contribution in [0.2, 0.25) is 0 Å². The molecule has 182 valence electrons. The zero-order valence-corrected chi connectivity index (χ0v) is 18.3. The van der Waals surface area contributed by atoms with Crippen molar-refractivity contribution in [2.24, 2.45) is 33.8 Å². The van der Waals surface area contributed by atoms with Gasteiger partial charge in [0, 0.05) is 13.0 Å². The number of nitrogens with two attached hydrogens (primary N) is 4. The lowest BCUT2D eigenvalue weighted by Crippen LogP contribution is -2.57. The molecular weight excluding hydrogens is 424 g/mol.